The molecular weight excluding hydrogens is 282 g/mol. The van der Waals surface area contributed by atoms with Crippen LogP contribution in [0.5, 0.6) is 5.75 Å². The molecule has 4 nitrogen and oxygen atoms in total. The van der Waals surface area contributed by atoms with Gasteiger partial charge >= 0.3 is 0 Å². The maximum Gasteiger partial charge on any atom is 0.200 e. The molecule has 0 aliphatic carbocycles. The van der Waals surface area contributed by atoms with Crippen LogP contribution in [-0.2, 0) is 4.79 Å². The van der Waals surface area contributed by atoms with Gasteiger partial charge in [0.15, 0.2) is 5.78 Å². The standard InChI is InChI=1S/C13H9NO3S2/c15-7-1-2-9-8(5-7)12(17)11(10(16)6-14-9)13-18-3-4-19-13/h1-5,14-15H,6H2. The molecule has 2 aliphatic heterocycles. The van der Waals surface area contributed by atoms with Crippen molar-refractivity contribution < 1.29 is 14.7 Å². The first-order valence-electron chi connectivity index (χ1n) is 5.54. The van der Waals surface area contributed by atoms with Crippen molar-refractivity contribution in [1.29, 1.82) is 0 Å². The molecule has 0 bridgehead atoms. The Labute approximate surface area is 118 Å². The molecule has 2 aliphatic rings. The highest BCUT2D eigenvalue weighted by Gasteiger charge is 2.30. The SMILES string of the molecule is O=C1CNc2ccc(O)cc2C(=O)C1=C1SC=CS1. The Hall–Kier alpha value is -1.66. The lowest BCUT2D eigenvalue weighted by Gasteiger charge is -2.06. The monoisotopic (exact) mass is 291 g/mol. The Bertz CT molecular complexity index is 639. The molecule has 6 heteroatoms. The van der Waals surface area contributed by atoms with Gasteiger partial charge in [-0.1, -0.05) is 23.5 Å². The van der Waals surface area contributed by atoms with Gasteiger partial charge in [-0.25, -0.2) is 0 Å². The Morgan fingerprint density at radius 1 is 1.16 bits per heavy atom. The van der Waals surface area contributed by atoms with Crippen molar-refractivity contribution in [2.24, 2.45) is 0 Å². The van der Waals surface area contributed by atoms with E-state index < -0.39 is 0 Å². The first kappa shape index (κ1) is 12.4. The molecule has 1 aromatic rings. The molecule has 96 valence electrons. The Balaban J connectivity index is 2.15. The molecule has 1 aromatic carbocycles. The highest BCUT2D eigenvalue weighted by Crippen LogP contribution is 2.42. The van der Waals surface area contributed by atoms with Gasteiger partial charge in [0.1, 0.15) is 5.75 Å². The van der Waals surface area contributed by atoms with E-state index in [1.807, 2.05) is 10.8 Å². The zero-order valence-corrected chi connectivity index (χ0v) is 11.3. The summed E-state index contributed by atoms with van der Waals surface area (Å²) < 4.78 is 0.702. The van der Waals surface area contributed by atoms with Gasteiger partial charge in [-0.2, -0.15) is 0 Å². The fraction of sp³-hybridized carbons (Fsp3) is 0.0769. The average molecular weight is 291 g/mol. The van der Waals surface area contributed by atoms with E-state index in [0.717, 1.165) is 0 Å². The maximum atomic E-state index is 12.5. The number of anilines is 1. The average Bonchev–Trinajstić information content (AvgIpc) is 2.87. The van der Waals surface area contributed by atoms with Crippen molar-refractivity contribution >= 4 is 40.8 Å². The van der Waals surface area contributed by atoms with Gasteiger partial charge in [0.05, 0.1) is 16.4 Å². The molecule has 0 fully saturated rings. The Kier molecular flexibility index (Phi) is 3.12. The number of nitrogens with one attached hydrogen (secondary N) is 1. The molecule has 2 heterocycles. The number of thioether (sulfide) groups is 2. The Morgan fingerprint density at radius 3 is 2.63 bits per heavy atom. The summed E-state index contributed by atoms with van der Waals surface area (Å²) in [6.45, 7) is 0.0868. The summed E-state index contributed by atoms with van der Waals surface area (Å²) in [7, 11) is 0. The quantitative estimate of drug-likeness (QED) is 0.435. The predicted octanol–water partition coefficient (Wildman–Crippen LogP) is 2.73. The third-order valence-electron chi connectivity index (χ3n) is 2.80. The number of hydrogen-bond acceptors (Lipinski definition) is 6. The number of Topliss-reactive ketones (excluding diaryl/α,β-unsaturated/α-hetero) is 2. The van der Waals surface area contributed by atoms with Gasteiger partial charge in [0.25, 0.3) is 0 Å². The third-order valence-corrected chi connectivity index (χ3v) is 4.93. The lowest BCUT2D eigenvalue weighted by atomic mass is 10.0. The third kappa shape index (κ3) is 2.17. The summed E-state index contributed by atoms with van der Waals surface area (Å²) in [6, 6.07) is 4.49. The second kappa shape index (κ2) is 4.79. The highest BCUT2D eigenvalue weighted by atomic mass is 32.2. The topological polar surface area (TPSA) is 66.4 Å². The van der Waals surface area contributed by atoms with Crippen molar-refractivity contribution in [2.45, 2.75) is 0 Å². The number of carbonyl (C=O) groups excluding carboxylic acids is 2. The number of fused-ring (bicyclic) bond motifs is 1. The van der Waals surface area contributed by atoms with Crippen LogP contribution >= 0.6 is 23.5 Å². The summed E-state index contributed by atoms with van der Waals surface area (Å²) in [4.78, 5) is 24.6. The summed E-state index contributed by atoms with van der Waals surface area (Å²) in [5.41, 5.74) is 1.12. The molecule has 0 atom stereocenters. The number of rotatable bonds is 0. The van der Waals surface area contributed by atoms with Crippen LogP contribution in [0, 0.1) is 0 Å². The number of ketones is 2. The number of hydrogen-bond donors (Lipinski definition) is 2. The number of phenols is 1. The lowest BCUT2D eigenvalue weighted by molar-refractivity contribution is -0.113. The Morgan fingerprint density at radius 2 is 1.89 bits per heavy atom. The van der Waals surface area contributed by atoms with E-state index in [1.54, 1.807) is 6.07 Å². The number of phenolic OH excluding ortho intramolecular Hbond substituents is 1. The van der Waals surface area contributed by atoms with Gasteiger partial charge in [0, 0.05) is 11.3 Å². The smallest absolute Gasteiger partial charge is 0.200 e. The second-order valence-corrected chi connectivity index (χ2v) is 6.10. The summed E-state index contributed by atoms with van der Waals surface area (Å²) in [5, 5.41) is 16.1. The van der Waals surface area contributed by atoms with Gasteiger partial charge in [0.2, 0.25) is 5.78 Å². The summed E-state index contributed by atoms with van der Waals surface area (Å²) in [5.74, 6) is -0.545. The van der Waals surface area contributed by atoms with Crippen LogP contribution in [0.4, 0.5) is 5.69 Å². The van der Waals surface area contributed by atoms with E-state index >= 15 is 0 Å². The van der Waals surface area contributed by atoms with Crippen molar-refractivity contribution in [2.75, 3.05) is 11.9 Å². The first-order chi connectivity index (χ1) is 9.16. The van der Waals surface area contributed by atoms with Crippen LogP contribution in [0.1, 0.15) is 10.4 Å². The number of carbonyl (C=O) groups is 2. The summed E-state index contributed by atoms with van der Waals surface area (Å²) in [6.07, 6.45) is 0. The normalized spacial score (nSPS) is 18.3. The minimum absolute atomic E-state index is 0.0115. The first-order valence-corrected chi connectivity index (χ1v) is 7.30. The van der Waals surface area contributed by atoms with Gasteiger partial charge in [-0.15, -0.1) is 0 Å². The van der Waals surface area contributed by atoms with E-state index in [-0.39, 0.29) is 29.4 Å². The van der Waals surface area contributed by atoms with E-state index in [2.05, 4.69) is 5.32 Å². The zero-order chi connectivity index (χ0) is 13.4. The molecule has 3 rings (SSSR count). The minimum Gasteiger partial charge on any atom is -0.508 e. The van der Waals surface area contributed by atoms with E-state index in [9.17, 15) is 14.7 Å². The van der Waals surface area contributed by atoms with Gasteiger partial charge in [-0.05, 0) is 29.0 Å². The molecule has 19 heavy (non-hydrogen) atoms. The molecular formula is C13H9NO3S2. The van der Waals surface area contributed by atoms with E-state index in [0.29, 0.717) is 15.5 Å². The molecule has 0 radical (unpaired) electrons. The fourth-order valence-electron chi connectivity index (χ4n) is 1.93. The van der Waals surface area contributed by atoms with Crippen molar-refractivity contribution in [3.05, 3.63) is 44.4 Å². The van der Waals surface area contributed by atoms with Crippen LogP contribution in [0.25, 0.3) is 0 Å². The molecule has 2 N–H and O–H groups in total. The molecule has 0 aromatic heterocycles. The van der Waals surface area contributed by atoms with Gasteiger partial charge in [-0.3, -0.25) is 9.59 Å². The second-order valence-electron chi connectivity index (χ2n) is 4.01. The van der Waals surface area contributed by atoms with E-state index in [4.69, 9.17) is 0 Å². The molecule has 0 unspecified atom stereocenters. The summed E-state index contributed by atoms with van der Waals surface area (Å²) >= 11 is 2.75. The minimum atomic E-state index is -0.334. The van der Waals surface area contributed by atoms with Crippen LogP contribution in [-0.4, -0.2) is 23.2 Å². The zero-order valence-electron chi connectivity index (χ0n) is 9.67. The number of benzene rings is 1. The maximum absolute atomic E-state index is 12.5. The molecule has 0 spiro atoms. The van der Waals surface area contributed by atoms with Crippen molar-refractivity contribution in [1.82, 2.24) is 0 Å². The van der Waals surface area contributed by atoms with Crippen molar-refractivity contribution in [3.8, 4) is 5.75 Å². The molecule has 0 saturated carbocycles. The highest BCUT2D eigenvalue weighted by molar-refractivity contribution is 8.27. The molecule has 0 amide bonds. The largest absolute Gasteiger partial charge is 0.508 e. The lowest BCUT2D eigenvalue weighted by Crippen LogP contribution is -2.17. The number of aromatic hydroxyl groups is 1. The van der Waals surface area contributed by atoms with Crippen molar-refractivity contribution in [3.63, 3.8) is 0 Å². The molecule has 0 saturated heterocycles. The van der Waals surface area contributed by atoms with Crippen LogP contribution in [0.3, 0.4) is 0 Å². The van der Waals surface area contributed by atoms with Crippen LogP contribution in [0.2, 0.25) is 0 Å². The van der Waals surface area contributed by atoms with Crippen LogP contribution < -0.4 is 5.32 Å². The predicted molar refractivity (Wildman–Crippen MR) is 77.3 cm³/mol. The fourth-order valence-corrected chi connectivity index (χ4v) is 3.83. The van der Waals surface area contributed by atoms with Gasteiger partial charge < -0.3 is 10.4 Å². The van der Waals surface area contributed by atoms with Crippen LogP contribution in [0.15, 0.2) is 38.8 Å². The van der Waals surface area contributed by atoms with E-state index in [1.165, 1.54) is 35.7 Å².